The molecular weight excluding hydrogens is 363 g/mol. The largest absolute Gasteiger partial charge is 0.114 e. The third-order valence-corrected chi connectivity index (χ3v) is 6.49. The van der Waals surface area contributed by atoms with Crippen LogP contribution in [0.1, 0.15) is 5.56 Å². The van der Waals surface area contributed by atoms with Crippen molar-refractivity contribution >= 4 is 58.8 Å². The third-order valence-electron chi connectivity index (χ3n) is 2.17. The van der Waals surface area contributed by atoms with E-state index in [1.54, 1.807) is 0 Å². The second-order valence-corrected chi connectivity index (χ2v) is 13.6. The molecule has 0 saturated carbocycles. The Bertz CT molecular complexity index is 354. The number of benzene rings is 1. The van der Waals surface area contributed by atoms with Gasteiger partial charge in [0.05, 0.1) is 4.20 Å². The molecule has 88 valence electrons. The van der Waals surface area contributed by atoms with Gasteiger partial charge in [0, 0.05) is 11.6 Å². The zero-order valence-electron chi connectivity index (χ0n) is 9.92. The molecule has 0 heterocycles. The summed E-state index contributed by atoms with van der Waals surface area (Å²) in [6, 6.07) is 9.79. The van der Waals surface area contributed by atoms with Crippen molar-refractivity contribution in [3.63, 3.8) is 0 Å². The van der Waals surface area contributed by atoms with Crippen LogP contribution in [0, 0.1) is 3.57 Å². The van der Waals surface area contributed by atoms with Crippen molar-refractivity contribution in [1.29, 1.82) is 0 Å². The molecule has 0 atom stereocenters. The Morgan fingerprint density at radius 2 is 1.81 bits per heavy atom. The first-order valence-corrected chi connectivity index (χ1v) is 11.5. The van der Waals surface area contributed by atoms with Crippen molar-refractivity contribution in [2.45, 2.75) is 25.7 Å². The first kappa shape index (κ1) is 14.7. The molecule has 0 bridgehead atoms. The highest BCUT2D eigenvalue weighted by Gasteiger charge is 2.13. The van der Waals surface area contributed by atoms with Crippen molar-refractivity contribution < 1.29 is 0 Å². The maximum absolute atomic E-state index is 5.43. The Hall–Kier alpha value is 0.607. The lowest BCUT2D eigenvalue weighted by atomic mass is 10.2. The minimum absolute atomic E-state index is 0.916. The molecule has 0 amide bonds. The lowest BCUT2D eigenvalue weighted by molar-refractivity contribution is 1.38. The first-order chi connectivity index (χ1) is 7.38. The summed E-state index contributed by atoms with van der Waals surface area (Å²) in [7, 11) is -0.916. The van der Waals surface area contributed by atoms with Crippen LogP contribution < -0.4 is 0 Å². The molecule has 0 radical (unpaired) electrons. The van der Waals surface area contributed by atoms with E-state index in [-0.39, 0.29) is 0 Å². The maximum Gasteiger partial charge on any atom is 0.0778 e. The zero-order valence-corrected chi connectivity index (χ0v) is 14.7. The van der Waals surface area contributed by atoms with Gasteiger partial charge >= 0.3 is 0 Å². The summed E-state index contributed by atoms with van der Waals surface area (Å²) in [5.41, 5.74) is 1.19. The van der Waals surface area contributed by atoms with Crippen molar-refractivity contribution in [3.8, 4) is 0 Å². The summed E-state index contributed by atoms with van der Waals surface area (Å²) in [4.78, 5) is 0. The normalized spacial score (nSPS) is 11.5. The van der Waals surface area contributed by atoms with Crippen molar-refractivity contribution in [3.05, 3.63) is 33.4 Å². The van der Waals surface area contributed by atoms with E-state index in [4.69, 9.17) is 12.2 Å². The van der Waals surface area contributed by atoms with E-state index in [0.29, 0.717) is 0 Å². The van der Waals surface area contributed by atoms with Crippen LogP contribution in [0.3, 0.4) is 0 Å². The lowest BCUT2D eigenvalue weighted by Gasteiger charge is -2.14. The van der Waals surface area contributed by atoms with E-state index in [0.717, 1.165) is 4.20 Å². The second-order valence-electron chi connectivity index (χ2n) is 4.95. The van der Waals surface area contributed by atoms with Crippen LogP contribution in [0.4, 0.5) is 0 Å². The Morgan fingerprint density at radius 1 is 1.25 bits per heavy atom. The van der Waals surface area contributed by atoms with Gasteiger partial charge in [0.15, 0.2) is 0 Å². The van der Waals surface area contributed by atoms with Crippen molar-refractivity contribution in [2.75, 3.05) is 5.75 Å². The van der Waals surface area contributed by atoms with E-state index in [1.165, 1.54) is 20.9 Å². The summed E-state index contributed by atoms with van der Waals surface area (Å²) in [5, 5.41) is 0. The predicted octanol–water partition coefficient (Wildman–Crippen LogP) is 5.04. The molecule has 0 unspecified atom stereocenters. The smallest absolute Gasteiger partial charge is 0.0778 e. The summed E-state index contributed by atoms with van der Waals surface area (Å²) in [6.45, 7) is 7.21. The Balaban J connectivity index is 2.44. The topological polar surface area (TPSA) is 0 Å². The Morgan fingerprint density at radius 3 is 2.31 bits per heavy atom. The molecule has 0 fully saturated rings. The van der Waals surface area contributed by atoms with E-state index in [9.17, 15) is 0 Å². The van der Waals surface area contributed by atoms with Gasteiger partial charge in [-0.25, -0.2) is 0 Å². The van der Waals surface area contributed by atoms with Crippen LogP contribution in [0.2, 0.25) is 25.7 Å². The number of thioether (sulfide) groups is 1. The molecule has 0 aromatic heterocycles. The average molecular weight is 380 g/mol. The molecule has 16 heavy (non-hydrogen) atoms. The first-order valence-electron chi connectivity index (χ1n) is 5.31. The third kappa shape index (κ3) is 5.79. The molecule has 0 N–H and O–H groups in total. The standard InChI is InChI=1S/C12H17IS2Si/c1-16(2,3)9-8-15-12(14)10-4-6-11(13)7-5-10/h4-7H,8-9H2,1-3H3. The number of halogens is 1. The van der Waals surface area contributed by atoms with Gasteiger partial charge in [-0.15, -0.1) is 11.8 Å². The van der Waals surface area contributed by atoms with Gasteiger partial charge in [-0.1, -0.05) is 44.0 Å². The van der Waals surface area contributed by atoms with Gasteiger partial charge in [-0.05, 0) is 52.1 Å². The zero-order chi connectivity index (χ0) is 12.2. The minimum atomic E-state index is -0.916. The fourth-order valence-corrected chi connectivity index (χ4v) is 5.21. The molecule has 4 heteroatoms. The van der Waals surface area contributed by atoms with Gasteiger partial charge < -0.3 is 0 Å². The maximum atomic E-state index is 5.43. The summed E-state index contributed by atoms with van der Waals surface area (Å²) >= 11 is 9.57. The highest BCUT2D eigenvalue weighted by Crippen LogP contribution is 2.19. The van der Waals surface area contributed by atoms with Crippen molar-refractivity contribution in [2.24, 2.45) is 0 Å². The Labute approximate surface area is 123 Å². The number of rotatable bonds is 4. The fourth-order valence-electron chi connectivity index (χ4n) is 1.12. The van der Waals surface area contributed by atoms with Crippen LogP contribution in [-0.2, 0) is 0 Å². The highest BCUT2D eigenvalue weighted by atomic mass is 127. The van der Waals surface area contributed by atoms with E-state index < -0.39 is 8.07 Å². The highest BCUT2D eigenvalue weighted by molar-refractivity contribution is 14.1. The van der Waals surface area contributed by atoms with Crippen LogP contribution in [-0.4, -0.2) is 18.0 Å². The average Bonchev–Trinajstić information content (AvgIpc) is 2.16. The molecule has 1 rings (SSSR count). The molecule has 0 nitrogen and oxygen atoms in total. The summed E-state index contributed by atoms with van der Waals surface area (Å²) < 4.78 is 2.30. The van der Waals surface area contributed by atoms with Crippen LogP contribution in [0.5, 0.6) is 0 Å². The minimum Gasteiger partial charge on any atom is -0.114 e. The quantitative estimate of drug-likeness (QED) is 0.408. The number of thiocarbonyl (C=S) groups is 1. The lowest BCUT2D eigenvalue weighted by Crippen LogP contribution is -2.20. The van der Waals surface area contributed by atoms with E-state index >= 15 is 0 Å². The molecule has 0 spiro atoms. The monoisotopic (exact) mass is 380 g/mol. The van der Waals surface area contributed by atoms with Gasteiger partial charge in [0.2, 0.25) is 0 Å². The van der Waals surface area contributed by atoms with Crippen LogP contribution in [0.15, 0.2) is 24.3 Å². The number of hydrogen-bond acceptors (Lipinski definition) is 2. The molecule has 0 aliphatic carbocycles. The predicted molar refractivity (Wildman–Crippen MR) is 91.5 cm³/mol. The molecule has 1 aromatic rings. The van der Waals surface area contributed by atoms with Gasteiger partial charge in [-0.3, -0.25) is 0 Å². The SMILES string of the molecule is C[Si](C)(C)CCSC(=S)c1ccc(I)cc1. The summed E-state index contributed by atoms with van der Waals surface area (Å²) in [5.74, 6) is 1.17. The second kappa shape index (κ2) is 6.52. The number of hydrogen-bond donors (Lipinski definition) is 0. The Kier molecular flexibility index (Phi) is 5.97. The molecule has 1 aromatic carbocycles. The molecule has 0 aliphatic heterocycles. The van der Waals surface area contributed by atoms with Gasteiger partial charge in [0.1, 0.15) is 0 Å². The van der Waals surface area contributed by atoms with Gasteiger partial charge in [-0.2, -0.15) is 0 Å². The molecule has 0 saturated heterocycles. The van der Waals surface area contributed by atoms with E-state index in [2.05, 4.69) is 66.5 Å². The molecule has 0 aliphatic rings. The van der Waals surface area contributed by atoms with Crippen LogP contribution >= 0.6 is 46.6 Å². The summed E-state index contributed by atoms with van der Waals surface area (Å²) in [6.07, 6.45) is 0. The molecular formula is C12H17IS2Si. The van der Waals surface area contributed by atoms with Gasteiger partial charge in [0.25, 0.3) is 0 Å². The fraction of sp³-hybridized carbons (Fsp3) is 0.417. The van der Waals surface area contributed by atoms with Crippen molar-refractivity contribution in [1.82, 2.24) is 0 Å². The van der Waals surface area contributed by atoms with E-state index in [1.807, 2.05) is 11.8 Å². The van der Waals surface area contributed by atoms with Crippen LogP contribution in [0.25, 0.3) is 0 Å².